The fourth-order valence-electron chi connectivity index (χ4n) is 1.85. The van der Waals surface area contributed by atoms with Crippen molar-refractivity contribution in [2.24, 2.45) is 0 Å². The van der Waals surface area contributed by atoms with Crippen molar-refractivity contribution >= 4 is 27.9 Å². The maximum atomic E-state index is 11.0. The summed E-state index contributed by atoms with van der Waals surface area (Å²) in [5.74, 6) is 0. The lowest BCUT2D eigenvalue weighted by atomic mass is 10.1. The third-order valence-electron chi connectivity index (χ3n) is 2.69. The molecule has 0 fully saturated rings. The van der Waals surface area contributed by atoms with Gasteiger partial charge >= 0.3 is 0 Å². The lowest BCUT2D eigenvalue weighted by molar-refractivity contribution is -0.109. The van der Waals surface area contributed by atoms with Gasteiger partial charge in [-0.05, 0) is 17.7 Å². The highest BCUT2D eigenvalue weighted by Crippen LogP contribution is 2.29. The van der Waals surface area contributed by atoms with Crippen LogP contribution in [0.15, 0.2) is 22.7 Å². The predicted octanol–water partition coefficient (Wildman–Crippen LogP) is 1.73. The summed E-state index contributed by atoms with van der Waals surface area (Å²) in [4.78, 5) is 13.1. The zero-order chi connectivity index (χ0) is 10.8. The van der Waals surface area contributed by atoms with Crippen LogP contribution in [0.2, 0.25) is 0 Å². The second-order valence-electron chi connectivity index (χ2n) is 3.69. The van der Waals surface area contributed by atoms with E-state index >= 15 is 0 Å². The third-order valence-corrected chi connectivity index (χ3v) is 3.18. The highest BCUT2D eigenvalue weighted by atomic mass is 79.9. The summed E-state index contributed by atoms with van der Waals surface area (Å²) in [5, 5.41) is 3.21. The van der Waals surface area contributed by atoms with E-state index in [0.29, 0.717) is 0 Å². The Labute approximate surface area is 97.6 Å². The molecule has 1 aromatic rings. The van der Waals surface area contributed by atoms with Crippen molar-refractivity contribution in [3.05, 3.63) is 28.2 Å². The molecule has 0 saturated carbocycles. The van der Waals surface area contributed by atoms with E-state index in [-0.39, 0.29) is 6.04 Å². The van der Waals surface area contributed by atoms with Gasteiger partial charge in [-0.2, -0.15) is 0 Å². The summed E-state index contributed by atoms with van der Waals surface area (Å²) in [5.41, 5.74) is 2.17. The van der Waals surface area contributed by atoms with Crippen LogP contribution in [0.1, 0.15) is 11.6 Å². The van der Waals surface area contributed by atoms with Crippen molar-refractivity contribution < 1.29 is 4.79 Å². The summed E-state index contributed by atoms with van der Waals surface area (Å²) in [7, 11) is 2.04. The van der Waals surface area contributed by atoms with Gasteiger partial charge in [0.25, 0.3) is 0 Å². The Balaban J connectivity index is 2.50. The molecule has 0 spiro atoms. The number of carbonyl (C=O) groups is 1. The van der Waals surface area contributed by atoms with Crippen molar-refractivity contribution in [1.29, 1.82) is 0 Å². The average molecular weight is 269 g/mol. The van der Waals surface area contributed by atoms with E-state index in [1.54, 1.807) is 0 Å². The molecular formula is C11H13BrN2O. The fraction of sp³-hybridized carbons (Fsp3) is 0.364. The van der Waals surface area contributed by atoms with Crippen molar-refractivity contribution in [2.45, 2.75) is 6.04 Å². The second kappa shape index (κ2) is 4.33. The molecule has 0 aliphatic carbocycles. The first-order chi connectivity index (χ1) is 7.22. The van der Waals surface area contributed by atoms with Gasteiger partial charge in [-0.3, -0.25) is 0 Å². The quantitative estimate of drug-likeness (QED) is 0.788. The molecule has 0 saturated heterocycles. The number of fused-ring (bicyclic) bond motifs is 1. The Morgan fingerprint density at radius 2 is 2.40 bits per heavy atom. The SMILES string of the molecule is CN1CCNC(C=O)c2ccc(Br)cc21. The van der Waals surface area contributed by atoms with Gasteiger partial charge < -0.3 is 15.0 Å². The molecule has 1 heterocycles. The van der Waals surface area contributed by atoms with Gasteiger partial charge in [-0.15, -0.1) is 0 Å². The Kier molecular flexibility index (Phi) is 3.07. The zero-order valence-electron chi connectivity index (χ0n) is 8.53. The zero-order valence-corrected chi connectivity index (χ0v) is 10.1. The minimum Gasteiger partial charge on any atom is -0.373 e. The number of hydrogen-bond acceptors (Lipinski definition) is 3. The van der Waals surface area contributed by atoms with Crippen LogP contribution < -0.4 is 10.2 Å². The highest BCUT2D eigenvalue weighted by Gasteiger charge is 2.19. The number of benzene rings is 1. The number of likely N-dealkylation sites (N-methyl/N-ethyl adjacent to an activating group) is 1. The summed E-state index contributed by atoms with van der Waals surface area (Å²) in [6.45, 7) is 1.74. The summed E-state index contributed by atoms with van der Waals surface area (Å²) in [6, 6.07) is 5.83. The van der Waals surface area contributed by atoms with E-state index in [1.807, 2.05) is 19.2 Å². The molecule has 0 radical (unpaired) electrons. The molecule has 0 bridgehead atoms. The molecule has 1 aliphatic rings. The van der Waals surface area contributed by atoms with Gasteiger partial charge in [-0.1, -0.05) is 22.0 Å². The molecule has 1 N–H and O–H groups in total. The lowest BCUT2D eigenvalue weighted by Crippen LogP contribution is -2.26. The average Bonchev–Trinajstić information content (AvgIpc) is 2.38. The van der Waals surface area contributed by atoms with Crippen molar-refractivity contribution in [3.63, 3.8) is 0 Å². The van der Waals surface area contributed by atoms with Gasteiger partial charge in [0, 0.05) is 30.3 Å². The first kappa shape index (κ1) is 10.6. The van der Waals surface area contributed by atoms with Crippen LogP contribution in [-0.4, -0.2) is 26.4 Å². The Hall–Kier alpha value is -0.870. The smallest absolute Gasteiger partial charge is 0.141 e. The van der Waals surface area contributed by atoms with Crippen molar-refractivity contribution in [2.75, 3.05) is 25.0 Å². The van der Waals surface area contributed by atoms with E-state index in [9.17, 15) is 4.79 Å². The maximum absolute atomic E-state index is 11.0. The summed E-state index contributed by atoms with van der Waals surface area (Å²) < 4.78 is 1.04. The van der Waals surface area contributed by atoms with Gasteiger partial charge in [0.05, 0.1) is 6.04 Å². The van der Waals surface area contributed by atoms with Crippen molar-refractivity contribution in [1.82, 2.24) is 5.32 Å². The van der Waals surface area contributed by atoms with Crippen LogP contribution in [0.5, 0.6) is 0 Å². The molecule has 0 aromatic heterocycles. The van der Waals surface area contributed by atoms with E-state index < -0.39 is 0 Å². The number of nitrogens with zero attached hydrogens (tertiary/aromatic N) is 1. The monoisotopic (exact) mass is 268 g/mol. The van der Waals surface area contributed by atoms with Crippen LogP contribution in [0.3, 0.4) is 0 Å². The molecule has 3 nitrogen and oxygen atoms in total. The molecule has 80 valence electrons. The summed E-state index contributed by atoms with van der Waals surface area (Å²) >= 11 is 3.45. The van der Waals surface area contributed by atoms with Crippen LogP contribution in [-0.2, 0) is 4.79 Å². The lowest BCUT2D eigenvalue weighted by Gasteiger charge is -2.19. The van der Waals surface area contributed by atoms with E-state index in [1.165, 1.54) is 0 Å². The minimum atomic E-state index is -0.182. The molecule has 1 unspecified atom stereocenters. The predicted molar refractivity (Wildman–Crippen MR) is 64.2 cm³/mol. The molecular weight excluding hydrogens is 256 g/mol. The Bertz CT molecular complexity index is 381. The third kappa shape index (κ3) is 2.06. The van der Waals surface area contributed by atoms with E-state index in [2.05, 4.69) is 32.2 Å². The van der Waals surface area contributed by atoms with Crippen molar-refractivity contribution in [3.8, 4) is 0 Å². The molecule has 0 amide bonds. The number of anilines is 1. The van der Waals surface area contributed by atoms with Crippen LogP contribution >= 0.6 is 15.9 Å². The maximum Gasteiger partial charge on any atom is 0.141 e. The Morgan fingerprint density at radius 3 is 3.13 bits per heavy atom. The first-order valence-corrected chi connectivity index (χ1v) is 5.71. The standard InChI is InChI=1S/C11H13BrN2O/c1-14-5-4-13-10(7-15)9-3-2-8(12)6-11(9)14/h2-3,6-7,10,13H,4-5H2,1H3. The summed E-state index contributed by atoms with van der Waals surface area (Å²) in [6.07, 6.45) is 0.964. The van der Waals surface area contributed by atoms with E-state index in [0.717, 1.165) is 35.1 Å². The minimum absolute atomic E-state index is 0.182. The number of hydrogen-bond donors (Lipinski definition) is 1. The van der Waals surface area contributed by atoms with Gasteiger partial charge in [-0.25, -0.2) is 0 Å². The van der Waals surface area contributed by atoms with Crippen LogP contribution in [0.4, 0.5) is 5.69 Å². The number of carbonyl (C=O) groups excluding carboxylic acids is 1. The van der Waals surface area contributed by atoms with Gasteiger partial charge in [0.1, 0.15) is 6.29 Å². The van der Waals surface area contributed by atoms with Crippen LogP contribution in [0, 0.1) is 0 Å². The molecule has 15 heavy (non-hydrogen) atoms. The van der Waals surface area contributed by atoms with E-state index in [4.69, 9.17) is 0 Å². The van der Waals surface area contributed by atoms with Gasteiger partial charge in [0.15, 0.2) is 0 Å². The molecule has 2 rings (SSSR count). The molecule has 4 heteroatoms. The van der Waals surface area contributed by atoms with Gasteiger partial charge in [0.2, 0.25) is 0 Å². The number of rotatable bonds is 1. The van der Waals surface area contributed by atoms with Crippen LogP contribution in [0.25, 0.3) is 0 Å². The number of aldehydes is 1. The highest BCUT2D eigenvalue weighted by molar-refractivity contribution is 9.10. The number of nitrogens with one attached hydrogen (secondary N) is 1. The fourth-order valence-corrected chi connectivity index (χ4v) is 2.20. The Morgan fingerprint density at radius 1 is 1.60 bits per heavy atom. The molecule has 1 aromatic carbocycles. The molecule has 1 atom stereocenters. The topological polar surface area (TPSA) is 32.3 Å². The second-order valence-corrected chi connectivity index (χ2v) is 4.61. The first-order valence-electron chi connectivity index (χ1n) is 4.91. The molecule has 1 aliphatic heterocycles. The normalized spacial score (nSPS) is 20.7. The number of halogens is 1. The largest absolute Gasteiger partial charge is 0.373 e.